The van der Waals surface area contributed by atoms with Gasteiger partial charge in [0.15, 0.2) is 17.3 Å². The SMILES string of the molecule is COc1cc(/C=C/C(=O)/C=C/c2cccs2)ccc1OCc1cn(CCN2C(=O)C(=O)c3cc(Br)ccc32)nn1. The van der Waals surface area contributed by atoms with Gasteiger partial charge >= 0.3 is 0 Å². The van der Waals surface area contributed by atoms with Crippen LogP contribution in [-0.2, 0) is 22.7 Å². The average Bonchev–Trinajstić information content (AvgIpc) is 3.70. The Hall–Kier alpha value is -4.35. The summed E-state index contributed by atoms with van der Waals surface area (Å²) < 4.78 is 13.7. The molecule has 0 bridgehead atoms. The van der Waals surface area contributed by atoms with Gasteiger partial charge in [-0.05, 0) is 65.6 Å². The van der Waals surface area contributed by atoms with Crippen LogP contribution in [0.2, 0.25) is 0 Å². The summed E-state index contributed by atoms with van der Waals surface area (Å²) in [4.78, 5) is 39.4. The second kappa shape index (κ2) is 12.2. The number of carbonyl (C=O) groups excluding carboxylic acids is 3. The molecule has 1 aliphatic heterocycles. The summed E-state index contributed by atoms with van der Waals surface area (Å²) in [5.74, 6) is -0.159. The summed E-state index contributed by atoms with van der Waals surface area (Å²) in [6.45, 7) is 0.778. The minimum absolute atomic E-state index is 0.117. The van der Waals surface area contributed by atoms with Crippen LogP contribution in [0.1, 0.15) is 26.5 Å². The molecule has 0 unspecified atom stereocenters. The molecule has 0 atom stereocenters. The summed E-state index contributed by atoms with van der Waals surface area (Å²) >= 11 is 4.90. The van der Waals surface area contributed by atoms with Crippen molar-refractivity contribution in [3.05, 3.63) is 98.4 Å². The number of aromatic nitrogens is 3. The van der Waals surface area contributed by atoms with Gasteiger partial charge < -0.3 is 14.4 Å². The molecule has 0 saturated heterocycles. The average molecular weight is 619 g/mol. The van der Waals surface area contributed by atoms with Crippen molar-refractivity contribution in [3.63, 3.8) is 0 Å². The molecule has 5 rings (SSSR count). The summed E-state index contributed by atoms with van der Waals surface area (Å²) in [6.07, 6.45) is 8.26. The number of carbonyl (C=O) groups is 3. The second-order valence-electron chi connectivity index (χ2n) is 8.70. The second-order valence-corrected chi connectivity index (χ2v) is 10.6. The van der Waals surface area contributed by atoms with Gasteiger partial charge in [0.05, 0.1) is 31.1 Å². The minimum Gasteiger partial charge on any atom is -0.493 e. The highest BCUT2D eigenvalue weighted by Crippen LogP contribution is 2.31. The number of ketones is 2. The molecule has 9 nitrogen and oxygen atoms in total. The van der Waals surface area contributed by atoms with Crippen molar-refractivity contribution in [2.75, 3.05) is 18.6 Å². The van der Waals surface area contributed by atoms with Gasteiger partial charge in [0.25, 0.3) is 11.7 Å². The number of amides is 1. The molecule has 40 heavy (non-hydrogen) atoms. The van der Waals surface area contributed by atoms with E-state index in [1.807, 2.05) is 23.6 Å². The number of nitrogens with zero attached hydrogens (tertiary/aromatic N) is 4. The lowest BCUT2D eigenvalue weighted by atomic mass is 10.1. The molecule has 4 aromatic rings. The lowest BCUT2D eigenvalue weighted by Gasteiger charge is -2.16. The van der Waals surface area contributed by atoms with Crippen LogP contribution in [0.5, 0.6) is 11.5 Å². The molecule has 0 spiro atoms. The molecule has 3 heterocycles. The lowest BCUT2D eigenvalue weighted by molar-refractivity contribution is -0.114. The van der Waals surface area contributed by atoms with Crippen LogP contribution in [0.25, 0.3) is 12.2 Å². The Bertz CT molecular complexity index is 1630. The van der Waals surface area contributed by atoms with Crippen molar-refractivity contribution in [2.24, 2.45) is 0 Å². The summed E-state index contributed by atoms with van der Waals surface area (Å²) in [5, 5.41) is 10.2. The third-order valence-corrected chi connectivity index (χ3v) is 7.36. The molecule has 0 radical (unpaired) electrons. The van der Waals surface area contributed by atoms with Crippen LogP contribution < -0.4 is 14.4 Å². The number of fused-ring (bicyclic) bond motifs is 1. The number of methoxy groups -OCH3 is 1. The third kappa shape index (κ3) is 6.27. The zero-order valence-electron chi connectivity index (χ0n) is 21.3. The van der Waals surface area contributed by atoms with Gasteiger partial charge in [-0.2, -0.15) is 0 Å². The first kappa shape index (κ1) is 27.2. The number of halogens is 1. The van der Waals surface area contributed by atoms with Crippen molar-refractivity contribution in [2.45, 2.75) is 13.2 Å². The fourth-order valence-corrected chi connectivity index (χ4v) is 5.03. The molecule has 1 amide bonds. The number of hydrogen-bond donors (Lipinski definition) is 0. The van der Waals surface area contributed by atoms with Crippen molar-refractivity contribution >= 4 is 62.6 Å². The molecule has 0 saturated carbocycles. The molecular formula is C29H23BrN4O5S. The Kier molecular flexibility index (Phi) is 8.32. The Morgan fingerprint density at radius 1 is 1.05 bits per heavy atom. The van der Waals surface area contributed by atoms with Crippen LogP contribution in [0.3, 0.4) is 0 Å². The number of ether oxygens (including phenoxy) is 2. The summed E-state index contributed by atoms with van der Waals surface area (Å²) in [6, 6.07) is 14.5. The molecule has 1 aliphatic rings. The highest BCUT2D eigenvalue weighted by atomic mass is 79.9. The molecule has 0 aliphatic carbocycles. The number of allylic oxidation sites excluding steroid dienone is 2. The number of anilines is 1. The maximum Gasteiger partial charge on any atom is 0.299 e. The van der Waals surface area contributed by atoms with Crippen LogP contribution in [0, 0.1) is 0 Å². The van der Waals surface area contributed by atoms with Crippen LogP contribution in [-0.4, -0.2) is 46.1 Å². The van der Waals surface area contributed by atoms with E-state index >= 15 is 0 Å². The van der Waals surface area contributed by atoms with Gasteiger partial charge in [-0.1, -0.05) is 39.4 Å². The van der Waals surface area contributed by atoms with Crippen LogP contribution in [0.4, 0.5) is 5.69 Å². The first-order valence-corrected chi connectivity index (χ1v) is 13.9. The topological polar surface area (TPSA) is 104 Å². The lowest BCUT2D eigenvalue weighted by Crippen LogP contribution is -2.32. The predicted octanol–water partition coefficient (Wildman–Crippen LogP) is 5.21. The Labute approximate surface area is 242 Å². The van der Waals surface area contributed by atoms with E-state index in [0.717, 1.165) is 14.9 Å². The fraction of sp³-hybridized carbons (Fsp3) is 0.138. The quantitative estimate of drug-likeness (QED) is 0.168. The molecule has 2 aromatic carbocycles. The maximum absolute atomic E-state index is 12.5. The van der Waals surface area contributed by atoms with Gasteiger partial charge in [-0.25, -0.2) is 0 Å². The van der Waals surface area contributed by atoms with E-state index in [0.29, 0.717) is 35.0 Å². The normalized spacial score (nSPS) is 13.0. The van der Waals surface area contributed by atoms with Crippen LogP contribution >= 0.6 is 27.3 Å². The van der Waals surface area contributed by atoms with Gasteiger partial charge in [0, 0.05) is 15.9 Å². The van der Waals surface area contributed by atoms with Crippen molar-refractivity contribution in [1.29, 1.82) is 0 Å². The number of Topliss-reactive ketones (excluding diaryl/α,β-unsaturated/α-hetero) is 1. The number of benzene rings is 2. The fourth-order valence-electron chi connectivity index (χ4n) is 4.05. The third-order valence-electron chi connectivity index (χ3n) is 6.03. The zero-order valence-corrected chi connectivity index (χ0v) is 23.7. The largest absolute Gasteiger partial charge is 0.493 e. The van der Waals surface area contributed by atoms with Crippen molar-refractivity contribution < 1.29 is 23.9 Å². The smallest absolute Gasteiger partial charge is 0.299 e. The Morgan fingerprint density at radius 3 is 2.70 bits per heavy atom. The predicted molar refractivity (Wildman–Crippen MR) is 156 cm³/mol. The monoisotopic (exact) mass is 618 g/mol. The van der Waals surface area contributed by atoms with E-state index in [1.165, 1.54) is 17.1 Å². The number of hydrogen-bond acceptors (Lipinski definition) is 8. The van der Waals surface area contributed by atoms with E-state index in [4.69, 9.17) is 9.47 Å². The maximum atomic E-state index is 12.5. The van der Waals surface area contributed by atoms with Crippen molar-refractivity contribution in [1.82, 2.24) is 15.0 Å². The molecular weight excluding hydrogens is 596 g/mol. The standard InChI is InChI=1S/C29H23BrN4O5S/c1-38-27-15-19(4-7-22(35)8-9-23-3-2-14-40-23)5-11-26(27)39-18-21-17-33(32-31-21)12-13-34-25-10-6-20(30)16-24(25)28(36)29(34)37/h2-11,14-17H,12-13,18H2,1H3/b7-4+,9-8+. The highest BCUT2D eigenvalue weighted by molar-refractivity contribution is 9.10. The zero-order chi connectivity index (χ0) is 28.1. The first-order valence-electron chi connectivity index (χ1n) is 12.2. The van der Waals surface area contributed by atoms with E-state index < -0.39 is 11.7 Å². The molecule has 0 N–H and O–H groups in total. The molecule has 202 valence electrons. The summed E-state index contributed by atoms with van der Waals surface area (Å²) in [5.41, 5.74) is 2.35. The van der Waals surface area contributed by atoms with Crippen molar-refractivity contribution in [3.8, 4) is 11.5 Å². The number of thiophene rings is 1. The first-order chi connectivity index (χ1) is 19.4. The summed E-state index contributed by atoms with van der Waals surface area (Å²) in [7, 11) is 1.54. The molecule has 0 fully saturated rings. The van der Waals surface area contributed by atoms with E-state index in [1.54, 1.807) is 71.8 Å². The highest BCUT2D eigenvalue weighted by Gasteiger charge is 2.35. The van der Waals surface area contributed by atoms with E-state index in [9.17, 15) is 14.4 Å². The van der Waals surface area contributed by atoms with Gasteiger partial charge in [-0.15, -0.1) is 16.4 Å². The van der Waals surface area contributed by atoms with Gasteiger partial charge in [0.1, 0.15) is 12.3 Å². The Balaban J connectivity index is 1.16. The molecule has 2 aromatic heterocycles. The van der Waals surface area contributed by atoms with Gasteiger partial charge in [-0.3, -0.25) is 19.1 Å². The van der Waals surface area contributed by atoms with E-state index in [-0.39, 0.29) is 18.9 Å². The Morgan fingerprint density at radius 2 is 1.90 bits per heavy atom. The van der Waals surface area contributed by atoms with Crippen LogP contribution in [0.15, 0.2) is 76.7 Å². The molecule has 11 heteroatoms. The van der Waals surface area contributed by atoms with Gasteiger partial charge in [0.2, 0.25) is 0 Å². The van der Waals surface area contributed by atoms with E-state index in [2.05, 4.69) is 26.2 Å². The minimum atomic E-state index is -0.554. The number of rotatable bonds is 11.